The van der Waals surface area contributed by atoms with E-state index in [1.165, 1.54) is 5.56 Å². The number of aromatic nitrogens is 1. The third kappa shape index (κ3) is 5.89. The summed E-state index contributed by atoms with van der Waals surface area (Å²) in [7, 11) is 0. The van der Waals surface area contributed by atoms with E-state index in [-0.39, 0.29) is 18.2 Å². The number of hydrogen-bond donors (Lipinski definition) is 2. The molecule has 28 heavy (non-hydrogen) atoms. The summed E-state index contributed by atoms with van der Waals surface area (Å²) < 4.78 is 0. The second kappa shape index (κ2) is 9.99. The molecule has 0 saturated carbocycles. The number of amides is 2. The van der Waals surface area contributed by atoms with E-state index in [1.807, 2.05) is 43.3 Å². The standard InChI is InChI=1S/C22H28N4O2/c1-17-6-5-9-19(25-17)10-12-23-21(27)16-20-22(28)24-13-15-26(20)14-11-18-7-3-2-4-8-18/h2-9,20H,10-16H2,1H3,(H,23,27)(H,24,28)/t20-/m0/s1. The number of piperazine rings is 1. The van der Waals surface area contributed by atoms with Crippen LogP contribution in [0, 0.1) is 6.92 Å². The molecule has 1 aromatic heterocycles. The Labute approximate surface area is 166 Å². The summed E-state index contributed by atoms with van der Waals surface area (Å²) in [6, 6.07) is 15.7. The zero-order valence-electron chi connectivity index (χ0n) is 16.4. The van der Waals surface area contributed by atoms with Crippen LogP contribution in [-0.2, 0) is 22.4 Å². The molecule has 1 aliphatic rings. The van der Waals surface area contributed by atoms with Gasteiger partial charge in [-0.05, 0) is 31.0 Å². The SMILES string of the molecule is Cc1cccc(CCNC(=O)C[C@H]2C(=O)NCCN2CCc2ccccc2)n1. The predicted molar refractivity (Wildman–Crippen MR) is 109 cm³/mol. The minimum Gasteiger partial charge on any atom is -0.356 e. The predicted octanol–water partition coefficient (Wildman–Crippen LogP) is 1.48. The zero-order valence-corrected chi connectivity index (χ0v) is 16.4. The van der Waals surface area contributed by atoms with Crippen LogP contribution in [0.1, 0.15) is 23.4 Å². The highest BCUT2D eigenvalue weighted by Crippen LogP contribution is 2.11. The van der Waals surface area contributed by atoms with Crippen LogP contribution in [0.4, 0.5) is 0 Å². The Morgan fingerprint density at radius 3 is 2.79 bits per heavy atom. The highest BCUT2D eigenvalue weighted by atomic mass is 16.2. The number of benzene rings is 1. The Hall–Kier alpha value is -2.73. The summed E-state index contributed by atoms with van der Waals surface area (Å²) in [5.74, 6) is -0.158. The van der Waals surface area contributed by atoms with E-state index in [0.717, 1.165) is 30.9 Å². The Bertz CT molecular complexity index is 794. The molecule has 2 aromatic rings. The molecular formula is C22H28N4O2. The molecule has 148 valence electrons. The van der Waals surface area contributed by atoms with E-state index in [9.17, 15) is 9.59 Å². The molecule has 0 radical (unpaired) electrons. The lowest BCUT2D eigenvalue weighted by molar-refractivity contribution is -0.133. The lowest BCUT2D eigenvalue weighted by Crippen LogP contribution is -2.56. The fourth-order valence-electron chi connectivity index (χ4n) is 3.49. The van der Waals surface area contributed by atoms with Crippen LogP contribution >= 0.6 is 0 Å². The number of nitrogens with one attached hydrogen (secondary N) is 2. The summed E-state index contributed by atoms with van der Waals surface area (Å²) in [5, 5.41) is 5.81. The molecule has 1 aromatic carbocycles. The van der Waals surface area contributed by atoms with Crippen molar-refractivity contribution in [3.63, 3.8) is 0 Å². The summed E-state index contributed by atoms with van der Waals surface area (Å²) in [5.41, 5.74) is 3.17. The summed E-state index contributed by atoms with van der Waals surface area (Å²) in [4.78, 5) is 31.3. The number of carbonyl (C=O) groups excluding carboxylic acids is 2. The first-order valence-corrected chi connectivity index (χ1v) is 9.87. The van der Waals surface area contributed by atoms with Gasteiger partial charge in [0.2, 0.25) is 11.8 Å². The fraction of sp³-hybridized carbons (Fsp3) is 0.409. The maximum atomic E-state index is 12.4. The molecule has 3 rings (SSSR count). The third-order valence-corrected chi connectivity index (χ3v) is 5.00. The molecule has 6 heteroatoms. The maximum Gasteiger partial charge on any atom is 0.237 e. The molecule has 1 atom stereocenters. The molecule has 2 N–H and O–H groups in total. The third-order valence-electron chi connectivity index (χ3n) is 5.00. The van der Waals surface area contributed by atoms with Crippen LogP contribution in [0.5, 0.6) is 0 Å². The molecule has 1 aliphatic heterocycles. The van der Waals surface area contributed by atoms with E-state index in [2.05, 4.69) is 32.7 Å². The minimum absolute atomic E-state index is 0.0604. The van der Waals surface area contributed by atoms with Gasteiger partial charge in [-0.25, -0.2) is 0 Å². The number of nitrogens with zero attached hydrogens (tertiary/aromatic N) is 2. The molecule has 2 heterocycles. The Kier molecular flexibility index (Phi) is 7.14. The van der Waals surface area contributed by atoms with Gasteiger partial charge in [-0.2, -0.15) is 0 Å². The first-order valence-electron chi connectivity index (χ1n) is 9.87. The van der Waals surface area contributed by atoms with Crippen LogP contribution in [-0.4, -0.2) is 53.9 Å². The molecule has 1 saturated heterocycles. The first-order chi connectivity index (χ1) is 13.6. The Balaban J connectivity index is 1.49. The molecule has 2 amide bonds. The molecule has 0 unspecified atom stereocenters. The van der Waals surface area contributed by atoms with Gasteiger partial charge >= 0.3 is 0 Å². The average molecular weight is 380 g/mol. The molecule has 0 bridgehead atoms. The quantitative estimate of drug-likeness (QED) is 0.728. The zero-order chi connectivity index (χ0) is 19.8. The number of rotatable bonds is 8. The molecule has 0 spiro atoms. The topological polar surface area (TPSA) is 74.3 Å². The summed E-state index contributed by atoms with van der Waals surface area (Å²) in [6.45, 7) is 4.64. The van der Waals surface area contributed by atoms with Crippen molar-refractivity contribution >= 4 is 11.8 Å². The summed E-state index contributed by atoms with van der Waals surface area (Å²) >= 11 is 0. The van der Waals surface area contributed by atoms with Crippen LogP contribution in [0.15, 0.2) is 48.5 Å². The van der Waals surface area contributed by atoms with Crippen molar-refractivity contribution in [2.24, 2.45) is 0 Å². The smallest absolute Gasteiger partial charge is 0.237 e. The van der Waals surface area contributed by atoms with Crippen LogP contribution in [0.2, 0.25) is 0 Å². The fourth-order valence-corrected chi connectivity index (χ4v) is 3.49. The van der Waals surface area contributed by atoms with Gasteiger partial charge in [0.1, 0.15) is 0 Å². The second-order valence-electron chi connectivity index (χ2n) is 7.15. The van der Waals surface area contributed by atoms with E-state index in [4.69, 9.17) is 0 Å². The van der Waals surface area contributed by atoms with Crippen LogP contribution < -0.4 is 10.6 Å². The lowest BCUT2D eigenvalue weighted by Gasteiger charge is -2.34. The van der Waals surface area contributed by atoms with E-state index >= 15 is 0 Å². The average Bonchev–Trinajstić information content (AvgIpc) is 2.69. The monoisotopic (exact) mass is 380 g/mol. The molecule has 6 nitrogen and oxygen atoms in total. The van der Waals surface area contributed by atoms with Gasteiger partial charge < -0.3 is 10.6 Å². The van der Waals surface area contributed by atoms with Crippen molar-refractivity contribution in [1.29, 1.82) is 0 Å². The number of carbonyl (C=O) groups is 2. The molecule has 1 fully saturated rings. The summed E-state index contributed by atoms with van der Waals surface area (Å²) in [6.07, 6.45) is 1.73. The van der Waals surface area contributed by atoms with Gasteiger partial charge in [-0.1, -0.05) is 36.4 Å². The highest BCUT2D eigenvalue weighted by Gasteiger charge is 2.31. The van der Waals surface area contributed by atoms with E-state index in [0.29, 0.717) is 19.5 Å². The van der Waals surface area contributed by atoms with Crippen molar-refractivity contribution in [3.05, 3.63) is 65.5 Å². The normalized spacial score (nSPS) is 17.2. The number of hydrogen-bond acceptors (Lipinski definition) is 4. The second-order valence-corrected chi connectivity index (χ2v) is 7.15. The number of pyridine rings is 1. The lowest BCUT2D eigenvalue weighted by atomic mass is 10.1. The largest absolute Gasteiger partial charge is 0.356 e. The van der Waals surface area contributed by atoms with Gasteiger partial charge in [-0.3, -0.25) is 19.5 Å². The van der Waals surface area contributed by atoms with Crippen LogP contribution in [0.25, 0.3) is 0 Å². The van der Waals surface area contributed by atoms with E-state index in [1.54, 1.807) is 0 Å². The molecule has 0 aliphatic carbocycles. The van der Waals surface area contributed by atoms with Gasteiger partial charge in [0.05, 0.1) is 12.5 Å². The van der Waals surface area contributed by atoms with Crippen molar-refractivity contribution in [3.8, 4) is 0 Å². The maximum absolute atomic E-state index is 12.4. The van der Waals surface area contributed by atoms with Gasteiger partial charge in [0.15, 0.2) is 0 Å². The van der Waals surface area contributed by atoms with Gasteiger partial charge in [-0.15, -0.1) is 0 Å². The van der Waals surface area contributed by atoms with Crippen molar-refractivity contribution in [2.45, 2.75) is 32.2 Å². The Morgan fingerprint density at radius 1 is 1.18 bits per heavy atom. The molecular weight excluding hydrogens is 352 g/mol. The van der Waals surface area contributed by atoms with E-state index < -0.39 is 6.04 Å². The number of aryl methyl sites for hydroxylation is 1. The first kappa shape index (κ1) is 20.0. The van der Waals surface area contributed by atoms with Crippen LogP contribution in [0.3, 0.4) is 0 Å². The van der Waals surface area contributed by atoms with Gasteiger partial charge in [0.25, 0.3) is 0 Å². The van der Waals surface area contributed by atoms with Gasteiger partial charge in [0, 0.05) is 44.0 Å². The highest BCUT2D eigenvalue weighted by molar-refractivity contribution is 5.88. The van der Waals surface area contributed by atoms with Crippen molar-refractivity contribution in [1.82, 2.24) is 20.5 Å². The minimum atomic E-state index is -0.408. The van der Waals surface area contributed by atoms with Crippen molar-refractivity contribution in [2.75, 3.05) is 26.2 Å². The van der Waals surface area contributed by atoms with Crippen molar-refractivity contribution < 1.29 is 9.59 Å². The Morgan fingerprint density at radius 2 is 2.00 bits per heavy atom.